The molecule has 0 atom stereocenters. The van der Waals surface area contributed by atoms with Crippen LogP contribution < -0.4 is 0 Å². The summed E-state index contributed by atoms with van der Waals surface area (Å²) < 4.78 is 26.9. The quantitative estimate of drug-likeness (QED) is 0.746. The molecule has 2 rings (SSSR count). The fourth-order valence-corrected chi connectivity index (χ4v) is 1.54. The molecule has 1 aromatic carbocycles. The zero-order valence-electron chi connectivity index (χ0n) is 9.08. The summed E-state index contributed by atoms with van der Waals surface area (Å²) in [4.78, 5) is 14.1. The van der Waals surface area contributed by atoms with Gasteiger partial charge in [0.25, 0.3) is 0 Å². The van der Waals surface area contributed by atoms with Gasteiger partial charge in [-0.05, 0) is 25.1 Å². The van der Waals surface area contributed by atoms with Gasteiger partial charge in [0.1, 0.15) is 11.5 Å². The first-order chi connectivity index (χ1) is 8.11. The molecule has 2 nitrogen and oxygen atoms in total. The van der Waals surface area contributed by atoms with Crippen molar-refractivity contribution in [2.75, 3.05) is 0 Å². The van der Waals surface area contributed by atoms with Crippen LogP contribution in [0.25, 0.3) is 11.1 Å². The van der Waals surface area contributed by atoms with Gasteiger partial charge in [0.15, 0.2) is 12.1 Å². The van der Waals surface area contributed by atoms with Crippen LogP contribution in [0.5, 0.6) is 0 Å². The number of aldehydes is 1. The second kappa shape index (κ2) is 4.41. The number of pyridine rings is 1. The van der Waals surface area contributed by atoms with E-state index in [9.17, 15) is 13.6 Å². The molecule has 1 heterocycles. The zero-order valence-corrected chi connectivity index (χ0v) is 9.08. The van der Waals surface area contributed by atoms with Gasteiger partial charge >= 0.3 is 0 Å². The van der Waals surface area contributed by atoms with Crippen molar-refractivity contribution in [3.8, 4) is 11.1 Å². The second-order valence-corrected chi connectivity index (χ2v) is 3.69. The van der Waals surface area contributed by atoms with Gasteiger partial charge in [0.2, 0.25) is 0 Å². The third kappa shape index (κ3) is 2.20. The number of rotatable bonds is 2. The third-order valence-electron chi connectivity index (χ3n) is 2.41. The number of hydrogen-bond donors (Lipinski definition) is 0. The molecule has 17 heavy (non-hydrogen) atoms. The van der Waals surface area contributed by atoms with Crippen molar-refractivity contribution in [2.24, 2.45) is 0 Å². The van der Waals surface area contributed by atoms with Gasteiger partial charge in [-0.2, -0.15) is 0 Å². The van der Waals surface area contributed by atoms with Crippen molar-refractivity contribution >= 4 is 6.29 Å². The molecule has 2 aromatic rings. The number of aryl methyl sites for hydroxylation is 1. The molecule has 0 fully saturated rings. The van der Waals surface area contributed by atoms with Gasteiger partial charge in [0.05, 0.1) is 0 Å². The largest absolute Gasteiger partial charge is 0.296 e. The normalized spacial score (nSPS) is 10.3. The summed E-state index contributed by atoms with van der Waals surface area (Å²) in [6.07, 6.45) is 1.61. The molecule has 0 spiro atoms. The number of nitrogens with zero attached hydrogens (tertiary/aromatic N) is 1. The lowest BCUT2D eigenvalue weighted by atomic mass is 10.0. The zero-order chi connectivity index (χ0) is 12.4. The molecule has 0 amide bonds. The summed E-state index contributed by atoms with van der Waals surface area (Å²) in [5, 5.41) is 0. The number of benzene rings is 1. The average Bonchev–Trinajstić information content (AvgIpc) is 2.32. The minimum absolute atomic E-state index is 0.272. The second-order valence-electron chi connectivity index (χ2n) is 3.69. The highest BCUT2D eigenvalue weighted by molar-refractivity contribution is 5.74. The maximum Gasteiger partial charge on any atom is 0.171 e. The molecule has 0 aliphatic carbocycles. The molecule has 0 aliphatic rings. The minimum atomic E-state index is -0.751. The Bertz CT molecular complexity index is 582. The van der Waals surface area contributed by atoms with Crippen molar-refractivity contribution in [3.05, 3.63) is 53.4 Å². The van der Waals surface area contributed by atoms with Gasteiger partial charge in [-0.3, -0.25) is 4.79 Å². The Balaban J connectivity index is 2.57. The van der Waals surface area contributed by atoms with Crippen LogP contribution in [-0.2, 0) is 0 Å². The summed E-state index contributed by atoms with van der Waals surface area (Å²) in [5.41, 5.74) is 1.17. The van der Waals surface area contributed by atoms with E-state index in [4.69, 9.17) is 0 Å². The van der Waals surface area contributed by atoms with E-state index in [2.05, 4.69) is 4.98 Å². The van der Waals surface area contributed by atoms with Crippen LogP contribution in [0.1, 0.15) is 16.1 Å². The van der Waals surface area contributed by atoms with Crippen LogP contribution in [-0.4, -0.2) is 11.3 Å². The Morgan fingerprint density at radius 3 is 2.59 bits per heavy atom. The standard InChI is InChI=1S/C13H9F2NO/c1-8-2-3-11(14)10(4-8)9-5-12(15)13(7-17)16-6-9/h2-7H,1H3. The predicted octanol–water partition coefficient (Wildman–Crippen LogP) is 3.15. The molecular weight excluding hydrogens is 224 g/mol. The van der Waals surface area contributed by atoms with E-state index in [-0.39, 0.29) is 11.3 Å². The van der Waals surface area contributed by atoms with Gasteiger partial charge in [-0.15, -0.1) is 0 Å². The van der Waals surface area contributed by atoms with E-state index in [1.807, 2.05) is 6.92 Å². The Morgan fingerprint density at radius 1 is 1.18 bits per heavy atom. The van der Waals surface area contributed by atoms with E-state index in [1.165, 1.54) is 12.3 Å². The Kier molecular flexibility index (Phi) is 2.95. The minimum Gasteiger partial charge on any atom is -0.296 e. The summed E-state index contributed by atoms with van der Waals surface area (Å²) in [5.74, 6) is -1.20. The third-order valence-corrected chi connectivity index (χ3v) is 2.41. The van der Waals surface area contributed by atoms with E-state index >= 15 is 0 Å². The maximum absolute atomic E-state index is 13.5. The van der Waals surface area contributed by atoms with E-state index in [0.29, 0.717) is 11.8 Å². The molecule has 4 heteroatoms. The first-order valence-electron chi connectivity index (χ1n) is 4.99. The van der Waals surface area contributed by atoms with Crippen LogP contribution >= 0.6 is 0 Å². The van der Waals surface area contributed by atoms with Crippen LogP contribution in [0, 0.1) is 18.6 Å². The monoisotopic (exact) mass is 233 g/mol. The molecule has 0 N–H and O–H groups in total. The number of aromatic nitrogens is 1. The van der Waals surface area contributed by atoms with E-state index in [1.54, 1.807) is 12.1 Å². The summed E-state index contributed by atoms with van der Waals surface area (Å²) >= 11 is 0. The van der Waals surface area contributed by atoms with Crippen LogP contribution in [0.15, 0.2) is 30.5 Å². The van der Waals surface area contributed by atoms with Gasteiger partial charge in [-0.1, -0.05) is 11.6 Å². The van der Waals surface area contributed by atoms with Crippen molar-refractivity contribution in [1.29, 1.82) is 0 Å². The summed E-state index contributed by atoms with van der Waals surface area (Å²) in [6.45, 7) is 1.81. The Morgan fingerprint density at radius 2 is 1.94 bits per heavy atom. The van der Waals surface area contributed by atoms with Crippen molar-refractivity contribution < 1.29 is 13.6 Å². The molecule has 0 bridgehead atoms. The maximum atomic E-state index is 13.5. The summed E-state index contributed by atoms with van der Waals surface area (Å²) in [6, 6.07) is 5.65. The Labute approximate surface area is 96.9 Å². The predicted molar refractivity (Wildman–Crippen MR) is 59.7 cm³/mol. The smallest absolute Gasteiger partial charge is 0.171 e. The average molecular weight is 233 g/mol. The van der Waals surface area contributed by atoms with Crippen molar-refractivity contribution in [2.45, 2.75) is 6.92 Å². The molecule has 0 saturated carbocycles. The highest BCUT2D eigenvalue weighted by atomic mass is 19.1. The molecule has 86 valence electrons. The van der Waals surface area contributed by atoms with Crippen LogP contribution in [0.3, 0.4) is 0 Å². The molecule has 0 saturated heterocycles. The van der Waals surface area contributed by atoms with Crippen LogP contribution in [0.4, 0.5) is 8.78 Å². The Hall–Kier alpha value is -2.10. The molecule has 0 radical (unpaired) electrons. The van der Waals surface area contributed by atoms with Crippen molar-refractivity contribution in [1.82, 2.24) is 4.98 Å². The number of carbonyl (C=O) groups excluding carboxylic acids is 1. The SMILES string of the molecule is Cc1ccc(F)c(-c2cnc(C=O)c(F)c2)c1. The molecule has 0 unspecified atom stereocenters. The lowest BCUT2D eigenvalue weighted by Gasteiger charge is -2.05. The first kappa shape index (κ1) is 11.4. The number of carbonyl (C=O) groups is 1. The van der Waals surface area contributed by atoms with Gasteiger partial charge in [-0.25, -0.2) is 13.8 Å². The lowest BCUT2D eigenvalue weighted by molar-refractivity contribution is 0.111. The van der Waals surface area contributed by atoms with E-state index in [0.717, 1.165) is 11.6 Å². The topological polar surface area (TPSA) is 30.0 Å². The van der Waals surface area contributed by atoms with Gasteiger partial charge < -0.3 is 0 Å². The van der Waals surface area contributed by atoms with E-state index < -0.39 is 11.6 Å². The highest BCUT2D eigenvalue weighted by Crippen LogP contribution is 2.24. The van der Waals surface area contributed by atoms with Crippen molar-refractivity contribution in [3.63, 3.8) is 0 Å². The van der Waals surface area contributed by atoms with Crippen LogP contribution in [0.2, 0.25) is 0 Å². The number of hydrogen-bond acceptors (Lipinski definition) is 2. The lowest BCUT2D eigenvalue weighted by Crippen LogP contribution is -1.95. The molecular formula is C13H9F2NO. The fourth-order valence-electron chi connectivity index (χ4n) is 1.54. The molecule has 1 aromatic heterocycles. The van der Waals surface area contributed by atoms with Gasteiger partial charge in [0, 0.05) is 17.3 Å². The first-order valence-corrected chi connectivity index (χ1v) is 4.99. The fraction of sp³-hybridized carbons (Fsp3) is 0.0769. The highest BCUT2D eigenvalue weighted by Gasteiger charge is 2.09. The number of halogens is 2. The molecule has 0 aliphatic heterocycles. The summed E-state index contributed by atoms with van der Waals surface area (Å²) in [7, 11) is 0.